The highest BCUT2D eigenvalue weighted by atomic mass is 32.2. The molecule has 2 saturated heterocycles. The normalized spacial score (nSPS) is 22.5. The fraction of sp³-hybridized carbons (Fsp3) is 0.222. The fourth-order valence-corrected chi connectivity index (χ4v) is 4.56. The average Bonchev–Trinajstić information content (AvgIpc) is 3.17. The van der Waals surface area contributed by atoms with Gasteiger partial charge in [-0.05, 0) is 42.0 Å². The first-order chi connectivity index (χ1) is 12.1. The van der Waals surface area contributed by atoms with Gasteiger partial charge in [0.2, 0.25) is 0 Å². The molecule has 25 heavy (non-hydrogen) atoms. The van der Waals surface area contributed by atoms with Gasteiger partial charge in [-0.3, -0.25) is 9.69 Å². The summed E-state index contributed by atoms with van der Waals surface area (Å²) in [4.78, 5) is 28.3. The van der Waals surface area contributed by atoms with Crippen molar-refractivity contribution >= 4 is 29.4 Å². The van der Waals surface area contributed by atoms with Crippen molar-refractivity contribution in [2.75, 3.05) is 17.8 Å². The number of thioether (sulfide) groups is 1. The van der Waals surface area contributed by atoms with Crippen molar-refractivity contribution < 1.29 is 18.7 Å². The number of hydrogen-bond acceptors (Lipinski definition) is 4. The Hall–Kier alpha value is -2.54. The molecule has 2 atom stereocenters. The van der Waals surface area contributed by atoms with Crippen molar-refractivity contribution in [3.05, 3.63) is 59.9 Å². The molecule has 2 aliphatic heterocycles. The second kappa shape index (κ2) is 6.07. The first-order valence-corrected chi connectivity index (χ1v) is 8.82. The summed E-state index contributed by atoms with van der Waals surface area (Å²) in [6.07, 6.45) is 0. The fourth-order valence-electron chi connectivity index (χ4n) is 3.14. The van der Waals surface area contributed by atoms with Gasteiger partial charge in [0.25, 0.3) is 5.91 Å². The summed E-state index contributed by atoms with van der Waals surface area (Å²) >= 11 is 1.56. The second-order valence-electron chi connectivity index (χ2n) is 5.81. The molecule has 0 radical (unpaired) electrons. The third-order valence-electron chi connectivity index (χ3n) is 4.40. The predicted octanol–water partition coefficient (Wildman–Crippen LogP) is 3.42. The summed E-state index contributed by atoms with van der Waals surface area (Å²) in [5.74, 6) is 0.606. The number of halogens is 1. The van der Waals surface area contributed by atoms with Crippen LogP contribution < -0.4 is 9.64 Å². The SMILES string of the molecule is COc1ccc([C@@H]2SC[C@H]3C(=O)N(c4ccc(F)cc4)C(=O)N32)cc1. The van der Waals surface area contributed by atoms with E-state index in [9.17, 15) is 14.0 Å². The minimum absolute atomic E-state index is 0.224. The van der Waals surface area contributed by atoms with Gasteiger partial charge in [-0.25, -0.2) is 14.1 Å². The summed E-state index contributed by atoms with van der Waals surface area (Å²) in [6, 6.07) is 12.0. The van der Waals surface area contributed by atoms with Crippen LogP contribution in [0, 0.1) is 5.82 Å². The Balaban J connectivity index is 1.65. The zero-order valence-electron chi connectivity index (χ0n) is 13.4. The van der Waals surface area contributed by atoms with Crippen LogP contribution in [0.2, 0.25) is 0 Å². The molecule has 2 aromatic carbocycles. The molecule has 2 aromatic rings. The monoisotopic (exact) mass is 358 g/mol. The Morgan fingerprint density at radius 1 is 1.08 bits per heavy atom. The van der Waals surface area contributed by atoms with E-state index in [4.69, 9.17) is 4.74 Å². The van der Waals surface area contributed by atoms with Gasteiger partial charge in [0.05, 0.1) is 12.8 Å². The molecule has 2 aliphatic rings. The number of hydrogen-bond donors (Lipinski definition) is 0. The number of rotatable bonds is 3. The minimum Gasteiger partial charge on any atom is -0.497 e. The molecule has 4 rings (SSSR count). The molecule has 128 valence electrons. The molecule has 7 heteroatoms. The van der Waals surface area contributed by atoms with Crippen LogP contribution in [0.4, 0.5) is 14.9 Å². The van der Waals surface area contributed by atoms with Crippen LogP contribution in [0.25, 0.3) is 0 Å². The summed E-state index contributed by atoms with van der Waals surface area (Å²) < 4.78 is 18.3. The molecular formula is C18H15FN2O3S. The van der Waals surface area contributed by atoms with Crippen LogP contribution in [0.3, 0.4) is 0 Å². The van der Waals surface area contributed by atoms with Crippen molar-refractivity contribution in [2.24, 2.45) is 0 Å². The maximum Gasteiger partial charge on any atom is 0.333 e. The summed E-state index contributed by atoms with van der Waals surface area (Å²) in [7, 11) is 1.60. The molecule has 2 fully saturated rings. The number of anilines is 1. The smallest absolute Gasteiger partial charge is 0.333 e. The van der Waals surface area contributed by atoms with E-state index in [1.54, 1.807) is 23.8 Å². The number of nitrogens with zero attached hydrogens (tertiary/aromatic N) is 2. The lowest BCUT2D eigenvalue weighted by atomic mass is 10.2. The van der Waals surface area contributed by atoms with Crippen molar-refractivity contribution in [1.29, 1.82) is 0 Å². The summed E-state index contributed by atoms with van der Waals surface area (Å²) in [5, 5.41) is -0.224. The van der Waals surface area contributed by atoms with Gasteiger partial charge in [0, 0.05) is 5.75 Å². The number of amides is 3. The van der Waals surface area contributed by atoms with Gasteiger partial charge in [0.1, 0.15) is 23.0 Å². The van der Waals surface area contributed by atoms with E-state index in [1.165, 1.54) is 24.3 Å². The van der Waals surface area contributed by atoms with E-state index in [2.05, 4.69) is 0 Å². The highest BCUT2D eigenvalue weighted by molar-refractivity contribution is 7.99. The van der Waals surface area contributed by atoms with Gasteiger partial charge in [-0.1, -0.05) is 12.1 Å². The Bertz CT molecular complexity index is 825. The molecule has 0 aromatic heterocycles. The van der Waals surface area contributed by atoms with Crippen LogP contribution >= 0.6 is 11.8 Å². The van der Waals surface area contributed by atoms with Crippen LogP contribution in [0.5, 0.6) is 5.75 Å². The summed E-state index contributed by atoms with van der Waals surface area (Å²) in [5.41, 5.74) is 1.33. The lowest BCUT2D eigenvalue weighted by Gasteiger charge is -2.23. The zero-order valence-corrected chi connectivity index (χ0v) is 14.2. The van der Waals surface area contributed by atoms with E-state index >= 15 is 0 Å². The van der Waals surface area contributed by atoms with Crippen molar-refractivity contribution in [3.8, 4) is 5.75 Å². The van der Waals surface area contributed by atoms with E-state index in [1.807, 2.05) is 24.3 Å². The third kappa shape index (κ3) is 2.55. The number of urea groups is 1. The maximum absolute atomic E-state index is 13.1. The maximum atomic E-state index is 13.1. The summed E-state index contributed by atoms with van der Waals surface area (Å²) in [6.45, 7) is 0. The van der Waals surface area contributed by atoms with E-state index in [0.29, 0.717) is 11.4 Å². The number of methoxy groups -OCH3 is 1. The molecule has 3 amide bonds. The van der Waals surface area contributed by atoms with Crippen LogP contribution in [0.1, 0.15) is 10.9 Å². The molecule has 0 saturated carbocycles. The molecular weight excluding hydrogens is 343 g/mol. The first-order valence-electron chi connectivity index (χ1n) is 7.77. The van der Waals surface area contributed by atoms with Crippen LogP contribution in [0.15, 0.2) is 48.5 Å². The number of ether oxygens (including phenoxy) is 1. The molecule has 0 aliphatic carbocycles. The standard InChI is InChI=1S/C18H15FN2O3S/c1-24-14-8-2-11(3-9-14)17-21-15(10-25-17)16(22)20(18(21)23)13-6-4-12(19)5-7-13/h2-9,15,17H,10H2,1H3/t15-,17-/m0/s1. The Labute approximate surface area is 148 Å². The van der Waals surface area contributed by atoms with E-state index in [0.717, 1.165) is 16.2 Å². The lowest BCUT2D eigenvalue weighted by Crippen LogP contribution is -2.33. The molecule has 0 unspecified atom stereocenters. The third-order valence-corrected chi connectivity index (χ3v) is 5.73. The van der Waals surface area contributed by atoms with Crippen molar-refractivity contribution in [1.82, 2.24) is 4.90 Å². The Morgan fingerprint density at radius 3 is 2.40 bits per heavy atom. The zero-order chi connectivity index (χ0) is 17.6. The molecule has 0 bridgehead atoms. The molecule has 2 heterocycles. The number of imide groups is 1. The largest absolute Gasteiger partial charge is 0.497 e. The Morgan fingerprint density at radius 2 is 1.76 bits per heavy atom. The average molecular weight is 358 g/mol. The molecule has 5 nitrogen and oxygen atoms in total. The number of carbonyl (C=O) groups is 2. The Kier molecular flexibility index (Phi) is 3.88. The van der Waals surface area contributed by atoms with Crippen LogP contribution in [-0.2, 0) is 4.79 Å². The predicted molar refractivity (Wildman–Crippen MR) is 93.1 cm³/mol. The van der Waals surface area contributed by atoms with Gasteiger partial charge in [0.15, 0.2) is 0 Å². The first kappa shape index (κ1) is 16.0. The van der Waals surface area contributed by atoms with Crippen molar-refractivity contribution in [2.45, 2.75) is 11.4 Å². The second-order valence-corrected chi connectivity index (χ2v) is 6.93. The van der Waals surface area contributed by atoms with E-state index < -0.39 is 11.9 Å². The number of benzene rings is 2. The molecule has 0 N–H and O–H groups in total. The topological polar surface area (TPSA) is 49.9 Å². The van der Waals surface area contributed by atoms with Gasteiger partial charge >= 0.3 is 6.03 Å². The van der Waals surface area contributed by atoms with Gasteiger partial charge < -0.3 is 4.74 Å². The van der Waals surface area contributed by atoms with Gasteiger partial charge in [-0.2, -0.15) is 0 Å². The number of carbonyl (C=O) groups excluding carboxylic acids is 2. The quantitative estimate of drug-likeness (QED) is 0.789. The highest BCUT2D eigenvalue weighted by Gasteiger charge is 2.53. The number of fused-ring (bicyclic) bond motifs is 1. The highest BCUT2D eigenvalue weighted by Crippen LogP contribution is 2.46. The molecule has 0 spiro atoms. The van der Waals surface area contributed by atoms with Crippen LogP contribution in [-0.4, -0.2) is 35.7 Å². The lowest BCUT2D eigenvalue weighted by molar-refractivity contribution is -0.119. The minimum atomic E-state index is -0.491. The van der Waals surface area contributed by atoms with E-state index in [-0.39, 0.29) is 17.3 Å². The van der Waals surface area contributed by atoms with Crippen molar-refractivity contribution in [3.63, 3.8) is 0 Å². The van der Waals surface area contributed by atoms with Gasteiger partial charge in [-0.15, -0.1) is 11.8 Å².